The van der Waals surface area contributed by atoms with Crippen LogP contribution in [-0.4, -0.2) is 0 Å². The molecule has 0 spiro atoms. The molecule has 0 amide bonds. The molecule has 2 aromatic carbocycles. The molecule has 2 aromatic rings. The molecule has 3 rings (SSSR count). The number of hydrogen-bond donors (Lipinski definition) is 0. The van der Waals surface area contributed by atoms with Gasteiger partial charge in [0.05, 0.1) is 6.54 Å². The van der Waals surface area contributed by atoms with Crippen molar-refractivity contribution in [1.29, 1.82) is 0 Å². The van der Waals surface area contributed by atoms with E-state index in [1.807, 2.05) is 0 Å². The number of benzene rings is 2. The fourth-order valence-corrected chi connectivity index (χ4v) is 2.24. The molecule has 1 radical (unpaired) electrons. The molecule has 1 nitrogen and oxygen atoms in total. The maximum Gasteiger partial charge on any atom is 0.0795 e. The van der Waals surface area contributed by atoms with Gasteiger partial charge in [-0.1, -0.05) is 42.5 Å². The Morgan fingerprint density at radius 1 is 0.938 bits per heavy atom. The third-order valence-electron chi connectivity index (χ3n) is 3.12. The molecular formula is C15H14N. The van der Waals surface area contributed by atoms with E-state index in [0.29, 0.717) is 0 Å². The van der Waals surface area contributed by atoms with Crippen molar-refractivity contribution in [3.8, 4) is 0 Å². The summed E-state index contributed by atoms with van der Waals surface area (Å²) in [6.45, 7) is 5.38. The Hall–Kier alpha value is -1.76. The number of hydrogen-bond acceptors (Lipinski definition) is 1. The lowest BCUT2D eigenvalue weighted by atomic mass is 10.1. The maximum absolute atomic E-state index is 2.32. The van der Waals surface area contributed by atoms with Crippen molar-refractivity contribution in [1.82, 2.24) is 0 Å². The van der Waals surface area contributed by atoms with Crippen LogP contribution < -0.4 is 4.90 Å². The fourth-order valence-electron chi connectivity index (χ4n) is 2.24. The Morgan fingerprint density at radius 3 is 2.50 bits per heavy atom. The van der Waals surface area contributed by atoms with Gasteiger partial charge in [0.15, 0.2) is 0 Å². The van der Waals surface area contributed by atoms with Crippen molar-refractivity contribution in [2.75, 3.05) is 4.90 Å². The van der Waals surface area contributed by atoms with Crippen LogP contribution in [0.5, 0.6) is 0 Å². The van der Waals surface area contributed by atoms with E-state index in [1.165, 1.54) is 22.4 Å². The number of anilines is 1. The van der Waals surface area contributed by atoms with Crippen LogP contribution in [0.15, 0.2) is 48.5 Å². The summed E-state index contributed by atoms with van der Waals surface area (Å²) in [4.78, 5) is 2.32. The van der Waals surface area contributed by atoms with Gasteiger partial charge in [0.2, 0.25) is 0 Å². The minimum absolute atomic E-state index is 0.987. The average Bonchev–Trinajstić information content (AvgIpc) is 2.73. The van der Waals surface area contributed by atoms with Gasteiger partial charge in [-0.3, -0.25) is 0 Å². The average molecular weight is 208 g/mol. The molecule has 79 valence electrons. The first-order valence-corrected chi connectivity index (χ1v) is 5.59. The summed E-state index contributed by atoms with van der Waals surface area (Å²) in [5.74, 6) is 0. The first-order chi connectivity index (χ1) is 7.84. The second kappa shape index (κ2) is 3.67. The zero-order chi connectivity index (χ0) is 11.0. The number of aryl methyl sites for hydroxylation is 1. The van der Waals surface area contributed by atoms with Crippen molar-refractivity contribution in [3.05, 3.63) is 71.8 Å². The first-order valence-electron chi connectivity index (χ1n) is 5.59. The molecule has 1 aliphatic heterocycles. The van der Waals surface area contributed by atoms with E-state index in [0.717, 1.165) is 6.54 Å². The molecular weight excluding hydrogens is 194 g/mol. The fraction of sp³-hybridized carbons (Fsp3) is 0.133. The molecule has 0 bridgehead atoms. The number of nitrogens with zero attached hydrogens (tertiary/aromatic N) is 1. The summed E-state index contributed by atoms with van der Waals surface area (Å²) in [7, 11) is 0. The molecule has 1 heterocycles. The van der Waals surface area contributed by atoms with Gasteiger partial charge in [-0.2, -0.15) is 0 Å². The second-order valence-electron chi connectivity index (χ2n) is 4.24. The van der Waals surface area contributed by atoms with Gasteiger partial charge in [0, 0.05) is 12.2 Å². The van der Waals surface area contributed by atoms with Gasteiger partial charge in [0.25, 0.3) is 0 Å². The summed E-state index contributed by atoms with van der Waals surface area (Å²) in [5.41, 5.74) is 5.38. The third kappa shape index (κ3) is 1.49. The van der Waals surface area contributed by atoms with E-state index in [-0.39, 0.29) is 0 Å². The first kappa shape index (κ1) is 9.46. The van der Waals surface area contributed by atoms with Crippen molar-refractivity contribution in [3.63, 3.8) is 0 Å². The molecule has 1 aliphatic rings. The highest BCUT2D eigenvalue weighted by Gasteiger charge is 2.19. The molecule has 0 saturated heterocycles. The lowest BCUT2D eigenvalue weighted by Gasteiger charge is -2.19. The van der Waals surface area contributed by atoms with Gasteiger partial charge in [-0.15, -0.1) is 0 Å². The zero-order valence-electron chi connectivity index (χ0n) is 9.35. The molecule has 0 aromatic heterocycles. The van der Waals surface area contributed by atoms with E-state index in [9.17, 15) is 0 Å². The minimum atomic E-state index is 0.987. The van der Waals surface area contributed by atoms with E-state index < -0.39 is 0 Å². The van der Waals surface area contributed by atoms with Crippen molar-refractivity contribution in [2.45, 2.75) is 13.5 Å². The van der Waals surface area contributed by atoms with E-state index in [4.69, 9.17) is 0 Å². The number of fused-ring (bicyclic) bond motifs is 1. The normalized spacial score (nSPS) is 13.9. The highest BCUT2D eigenvalue weighted by atomic mass is 15.1. The summed E-state index contributed by atoms with van der Waals surface area (Å²) in [5, 5.41) is 0. The standard InChI is InChI=1S/C15H14N/c1-12-6-2-5-9-15(12)16-10-13-7-3-4-8-14(13)11-16/h2-10H,11H2,1H3. The molecule has 0 fully saturated rings. The van der Waals surface area contributed by atoms with Crippen LogP contribution in [0.2, 0.25) is 0 Å². The van der Waals surface area contributed by atoms with Crippen LogP contribution in [0.4, 0.5) is 5.69 Å². The van der Waals surface area contributed by atoms with Gasteiger partial charge in [0.1, 0.15) is 0 Å². The summed E-state index contributed by atoms with van der Waals surface area (Å²) in [6.07, 6.45) is 0. The molecule has 0 atom stereocenters. The molecule has 0 aliphatic carbocycles. The quantitative estimate of drug-likeness (QED) is 0.693. The van der Waals surface area contributed by atoms with Crippen molar-refractivity contribution in [2.24, 2.45) is 0 Å². The van der Waals surface area contributed by atoms with E-state index in [2.05, 4.69) is 66.9 Å². The van der Waals surface area contributed by atoms with Gasteiger partial charge >= 0.3 is 0 Å². The highest BCUT2D eigenvalue weighted by molar-refractivity contribution is 5.60. The van der Waals surface area contributed by atoms with E-state index in [1.54, 1.807) is 0 Å². The monoisotopic (exact) mass is 208 g/mol. The van der Waals surface area contributed by atoms with Gasteiger partial charge in [-0.05, 0) is 29.7 Å². The molecule has 16 heavy (non-hydrogen) atoms. The lowest BCUT2D eigenvalue weighted by molar-refractivity contribution is 0.985. The Bertz CT molecular complexity index is 491. The van der Waals surface area contributed by atoms with Crippen LogP contribution >= 0.6 is 0 Å². The summed E-state index contributed by atoms with van der Waals surface area (Å²) < 4.78 is 0. The predicted molar refractivity (Wildman–Crippen MR) is 67.2 cm³/mol. The molecule has 0 saturated carbocycles. The van der Waals surface area contributed by atoms with Crippen molar-refractivity contribution >= 4 is 5.69 Å². The van der Waals surface area contributed by atoms with E-state index >= 15 is 0 Å². The van der Waals surface area contributed by atoms with Crippen LogP contribution in [0, 0.1) is 13.5 Å². The Balaban J connectivity index is 1.95. The highest BCUT2D eigenvalue weighted by Crippen LogP contribution is 2.31. The lowest BCUT2D eigenvalue weighted by Crippen LogP contribution is -2.13. The summed E-state index contributed by atoms with van der Waals surface area (Å²) in [6, 6.07) is 17.1. The van der Waals surface area contributed by atoms with Crippen LogP contribution in [0.3, 0.4) is 0 Å². The summed E-state index contributed by atoms with van der Waals surface area (Å²) >= 11 is 0. The topological polar surface area (TPSA) is 3.24 Å². The van der Waals surface area contributed by atoms with Crippen LogP contribution in [-0.2, 0) is 6.54 Å². The second-order valence-corrected chi connectivity index (χ2v) is 4.24. The smallest absolute Gasteiger partial charge is 0.0795 e. The molecule has 0 N–H and O–H groups in total. The van der Waals surface area contributed by atoms with Crippen LogP contribution in [0.1, 0.15) is 16.7 Å². The minimum Gasteiger partial charge on any atom is -0.357 e. The Labute approximate surface area is 96.3 Å². The van der Waals surface area contributed by atoms with Crippen molar-refractivity contribution < 1.29 is 0 Å². The largest absolute Gasteiger partial charge is 0.357 e. The number of para-hydroxylation sites is 1. The molecule has 0 unspecified atom stereocenters. The zero-order valence-corrected chi connectivity index (χ0v) is 9.35. The van der Waals surface area contributed by atoms with Crippen LogP contribution in [0.25, 0.3) is 0 Å². The Morgan fingerprint density at radius 2 is 1.69 bits per heavy atom. The maximum atomic E-state index is 2.32. The third-order valence-corrected chi connectivity index (χ3v) is 3.12. The predicted octanol–water partition coefficient (Wildman–Crippen LogP) is 3.53. The SMILES string of the molecule is Cc1ccccc1N1[CH]c2ccccc2C1. The molecule has 1 heteroatoms. The van der Waals surface area contributed by atoms with Gasteiger partial charge < -0.3 is 4.90 Å². The number of rotatable bonds is 1. The van der Waals surface area contributed by atoms with Gasteiger partial charge in [-0.25, -0.2) is 0 Å². The Kier molecular flexibility index (Phi) is 2.17.